The molecule has 0 radical (unpaired) electrons. The second kappa shape index (κ2) is 7.63. The summed E-state index contributed by atoms with van der Waals surface area (Å²) in [5.41, 5.74) is 5.89. The highest BCUT2D eigenvalue weighted by atomic mass is 32.2. The minimum Gasteiger partial charge on any atom is -0.409 e. The molecule has 3 N–H and O–H groups in total. The smallest absolute Gasteiger partial charge is 0.270 e. The van der Waals surface area contributed by atoms with Crippen molar-refractivity contribution in [2.24, 2.45) is 10.9 Å². The Labute approximate surface area is 115 Å². The number of amidine groups is 1. The number of nitrogens with zero attached hydrogens (tertiary/aromatic N) is 2. The molecule has 1 rings (SSSR count). The van der Waals surface area contributed by atoms with Crippen LogP contribution in [0.5, 0.6) is 0 Å². The zero-order chi connectivity index (χ0) is 14.3. The predicted molar refractivity (Wildman–Crippen MR) is 75.9 cm³/mol. The van der Waals surface area contributed by atoms with Crippen molar-refractivity contribution in [3.8, 4) is 0 Å². The van der Waals surface area contributed by atoms with Gasteiger partial charge in [-0.25, -0.2) is 0 Å². The van der Waals surface area contributed by atoms with Crippen LogP contribution in [-0.2, 0) is 0 Å². The number of thioether (sulfide) groups is 1. The molecule has 0 aliphatic heterocycles. The van der Waals surface area contributed by atoms with Crippen LogP contribution in [0, 0.1) is 10.1 Å². The van der Waals surface area contributed by atoms with Crippen LogP contribution in [0.15, 0.2) is 28.3 Å². The van der Waals surface area contributed by atoms with Crippen LogP contribution in [0.4, 0.5) is 5.69 Å². The molecule has 0 aromatic heterocycles. The lowest BCUT2D eigenvalue weighted by atomic mass is 10.2. The summed E-state index contributed by atoms with van der Waals surface area (Å²) in [4.78, 5) is 11.0. The molecule has 0 saturated heterocycles. The number of rotatable bonds is 7. The van der Waals surface area contributed by atoms with Gasteiger partial charge in [-0.1, -0.05) is 24.9 Å². The van der Waals surface area contributed by atoms with Crippen LogP contribution in [0.2, 0.25) is 0 Å². The van der Waals surface area contributed by atoms with Crippen LogP contribution in [0.1, 0.15) is 31.7 Å². The molecule has 7 heteroatoms. The fraction of sp³-hybridized carbons (Fsp3) is 0.417. The van der Waals surface area contributed by atoms with Gasteiger partial charge in [0.1, 0.15) is 0 Å². The number of nitrogens with two attached hydrogens (primary N) is 1. The summed E-state index contributed by atoms with van der Waals surface area (Å²) >= 11 is 1.56. The second-order valence-corrected chi connectivity index (χ2v) is 5.12. The Bertz CT molecular complexity index is 477. The van der Waals surface area contributed by atoms with Gasteiger partial charge in [-0.15, -0.1) is 11.8 Å². The molecule has 0 atom stereocenters. The lowest BCUT2D eigenvalue weighted by Gasteiger charge is -2.07. The van der Waals surface area contributed by atoms with E-state index in [1.54, 1.807) is 17.8 Å². The van der Waals surface area contributed by atoms with Gasteiger partial charge in [0.05, 0.1) is 4.92 Å². The maximum absolute atomic E-state index is 10.7. The van der Waals surface area contributed by atoms with E-state index < -0.39 is 4.92 Å². The lowest BCUT2D eigenvalue weighted by Crippen LogP contribution is -2.14. The summed E-state index contributed by atoms with van der Waals surface area (Å²) in [5.74, 6) is 0.791. The Morgan fingerprint density at radius 3 is 2.84 bits per heavy atom. The summed E-state index contributed by atoms with van der Waals surface area (Å²) in [6.45, 7) is 2.12. The van der Waals surface area contributed by atoms with E-state index in [0.717, 1.165) is 29.9 Å². The third-order valence-corrected chi connectivity index (χ3v) is 3.72. The fourth-order valence-electron chi connectivity index (χ4n) is 1.55. The number of oxime groups is 1. The van der Waals surface area contributed by atoms with Gasteiger partial charge in [0.2, 0.25) is 0 Å². The number of hydrogen-bond acceptors (Lipinski definition) is 5. The molecule has 0 aliphatic carbocycles. The third kappa shape index (κ3) is 4.44. The van der Waals surface area contributed by atoms with Crippen LogP contribution >= 0.6 is 11.8 Å². The van der Waals surface area contributed by atoms with Crippen molar-refractivity contribution in [3.05, 3.63) is 33.9 Å². The van der Waals surface area contributed by atoms with E-state index in [1.807, 2.05) is 0 Å². The SMILES string of the molecule is CCCCCSc1ccc([N+](=O)[O-])cc1/C(N)=N/O. The number of non-ortho nitro benzene ring substituents is 1. The number of nitro benzene ring substituents is 1. The number of nitro groups is 1. The molecule has 0 heterocycles. The zero-order valence-corrected chi connectivity index (χ0v) is 11.5. The molecule has 1 aromatic rings. The first kappa shape index (κ1) is 15.3. The van der Waals surface area contributed by atoms with E-state index >= 15 is 0 Å². The molecular formula is C12H17N3O3S. The minimum absolute atomic E-state index is 0.0699. The third-order valence-electron chi connectivity index (χ3n) is 2.56. The quantitative estimate of drug-likeness (QED) is 0.152. The number of benzene rings is 1. The first-order valence-corrected chi connectivity index (χ1v) is 6.97. The van der Waals surface area contributed by atoms with Crippen LogP contribution < -0.4 is 5.73 Å². The highest BCUT2D eigenvalue weighted by molar-refractivity contribution is 7.99. The topological polar surface area (TPSA) is 102 Å². The van der Waals surface area contributed by atoms with E-state index in [0.29, 0.717) is 5.56 Å². The highest BCUT2D eigenvalue weighted by Gasteiger charge is 2.14. The molecule has 0 bridgehead atoms. The summed E-state index contributed by atoms with van der Waals surface area (Å²) in [6, 6.07) is 4.40. The molecule has 0 spiro atoms. The van der Waals surface area contributed by atoms with Crippen molar-refractivity contribution in [1.29, 1.82) is 0 Å². The van der Waals surface area contributed by atoms with E-state index in [9.17, 15) is 10.1 Å². The molecule has 6 nitrogen and oxygen atoms in total. The molecule has 0 aliphatic rings. The predicted octanol–water partition coefficient (Wildman–Crippen LogP) is 2.97. The van der Waals surface area contributed by atoms with E-state index in [4.69, 9.17) is 10.9 Å². The average molecular weight is 283 g/mol. The van der Waals surface area contributed by atoms with Gasteiger partial charge in [-0.3, -0.25) is 10.1 Å². The molecular weight excluding hydrogens is 266 g/mol. The lowest BCUT2D eigenvalue weighted by molar-refractivity contribution is -0.384. The van der Waals surface area contributed by atoms with E-state index in [-0.39, 0.29) is 11.5 Å². The Balaban J connectivity index is 2.93. The van der Waals surface area contributed by atoms with E-state index in [2.05, 4.69) is 12.1 Å². The van der Waals surface area contributed by atoms with Crippen molar-refractivity contribution >= 4 is 23.3 Å². The normalized spacial score (nSPS) is 11.5. The van der Waals surface area contributed by atoms with Gasteiger partial charge in [0, 0.05) is 22.6 Å². The van der Waals surface area contributed by atoms with Gasteiger partial charge in [-0.05, 0) is 18.2 Å². The standard InChI is InChI=1S/C12H17N3O3S/c1-2-3-4-7-19-11-6-5-9(15(17)18)8-10(11)12(13)14-16/h5-6,8,16H,2-4,7H2,1H3,(H2,13,14). The fourth-order valence-corrected chi connectivity index (χ4v) is 2.60. The molecule has 19 heavy (non-hydrogen) atoms. The average Bonchev–Trinajstić information content (AvgIpc) is 2.42. The Morgan fingerprint density at radius 1 is 1.53 bits per heavy atom. The maximum atomic E-state index is 10.7. The van der Waals surface area contributed by atoms with Gasteiger partial charge in [0.15, 0.2) is 5.84 Å². The van der Waals surface area contributed by atoms with E-state index in [1.165, 1.54) is 12.1 Å². The Morgan fingerprint density at radius 2 is 2.26 bits per heavy atom. The molecule has 104 valence electrons. The van der Waals surface area contributed by atoms with Gasteiger partial charge in [0.25, 0.3) is 5.69 Å². The molecule has 0 unspecified atom stereocenters. The van der Waals surface area contributed by atoms with Crippen molar-refractivity contribution in [2.45, 2.75) is 31.1 Å². The van der Waals surface area contributed by atoms with Crippen LogP contribution in [0.3, 0.4) is 0 Å². The van der Waals surface area contributed by atoms with Crippen molar-refractivity contribution in [1.82, 2.24) is 0 Å². The number of unbranched alkanes of at least 4 members (excludes halogenated alkanes) is 2. The number of hydrogen-bond donors (Lipinski definition) is 2. The summed E-state index contributed by atoms with van der Waals surface area (Å²) in [7, 11) is 0. The Hall–Kier alpha value is -1.76. The largest absolute Gasteiger partial charge is 0.409 e. The molecule has 0 saturated carbocycles. The van der Waals surface area contributed by atoms with Gasteiger partial charge < -0.3 is 10.9 Å². The Kier molecular flexibility index (Phi) is 6.14. The summed E-state index contributed by atoms with van der Waals surface area (Å²) < 4.78 is 0. The minimum atomic E-state index is -0.500. The monoisotopic (exact) mass is 283 g/mol. The molecule has 0 fully saturated rings. The first-order valence-electron chi connectivity index (χ1n) is 5.99. The molecule has 0 amide bonds. The highest BCUT2D eigenvalue weighted by Crippen LogP contribution is 2.27. The maximum Gasteiger partial charge on any atom is 0.270 e. The summed E-state index contributed by atoms with van der Waals surface area (Å²) in [5, 5.41) is 22.4. The zero-order valence-electron chi connectivity index (χ0n) is 10.7. The van der Waals surface area contributed by atoms with Gasteiger partial charge >= 0.3 is 0 Å². The van der Waals surface area contributed by atoms with Crippen molar-refractivity contribution < 1.29 is 10.1 Å². The van der Waals surface area contributed by atoms with Crippen molar-refractivity contribution in [2.75, 3.05) is 5.75 Å². The second-order valence-electron chi connectivity index (χ2n) is 3.98. The van der Waals surface area contributed by atoms with Crippen molar-refractivity contribution in [3.63, 3.8) is 0 Å². The molecule has 1 aromatic carbocycles. The van der Waals surface area contributed by atoms with Gasteiger partial charge in [-0.2, -0.15) is 0 Å². The summed E-state index contributed by atoms with van der Waals surface area (Å²) in [6.07, 6.45) is 3.33. The first-order chi connectivity index (χ1) is 9.10. The van der Waals surface area contributed by atoms with Crippen LogP contribution in [-0.4, -0.2) is 21.7 Å². The van der Waals surface area contributed by atoms with Crippen LogP contribution in [0.25, 0.3) is 0 Å².